The van der Waals surface area contributed by atoms with Crippen LogP contribution in [0.15, 0.2) is 15.5 Å². The Morgan fingerprint density at radius 2 is 2.28 bits per heavy atom. The lowest BCUT2D eigenvalue weighted by molar-refractivity contribution is -0.141. The Kier molecular flexibility index (Phi) is 5.33. The van der Waals surface area contributed by atoms with Crippen molar-refractivity contribution >= 4 is 27.6 Å². The molecule has 0 saturated carbocycles. The van der Waals surface area contributed by atoms with Gasteiger partial charge in [-0.15, -0.1) is 0 Å². The minimum atomic E-state index is -0.514. The number of halogens is 1. The Labute approximate surface area is 113 Å². The SMILES string of the molecule is COC(=O)Cn1ncc(NCC(C)C)c(Br)c1=O. The highest BCUT2D eigenvalue weighted by Gasteiger charge is 2.11. The molecule has 18 heavy (non-hydrogen) atoms. The Bertz CT molecular complexity index is 485. The normalized spacial score (nSPS) is 10.5. The lowest BCUT2D eigenvalue weighted by atomic mass is 10.2. The molecule has 6 nitrogen and oxygen atoms in total. The van der Waals surface area contributed by atoms with Gasteiger partial charge in [0, 0.05) is 6.54 Å². The van der Waals surface area contributed by atoms with E-state index < -0.39 is 5.97 Å². The molecular weight excluding hydrogens is 302 g/mol. The first kappa shape index (κ1) is 14.7. The highest BCUT2D eigenvalue weighted by Crippen LogP contribution is 2.16. The van der Waals surface area contributed by atoms with Crippen molar-refractivity contribution in [3.8, 4) is 0 Å². The molecule has 0 radical (unpaired) electrons. The van der Waals surface area contributed by atoms with Crippen molar-refractivity contribution in [2.45, 2.75) is 20.4 Å². The molecule has 0 aliphatic carbocycles. The number of carbonyl (C=O) groups is 1. The van der Waals surface area contributed by atoms with Crippen molar-refractivity contribution in [3.63, 3.8) is 0 Å². The Morgan fingerprint density at radius 1 is 1.61 bits per heavy atom. The van der Waals surface area contributed by atoms with Crippen LogP contribution in [0.5, 0.6) is 0 Å². The second kappa shape index (κ2) is 6.53. The number of hydrogen-bond acceptors (Lipinski definition) is 5. The molecule has 0 spiro atoms. The number of ether oxygens (including phenoxy) is 1. The van der Waals surface area contributed by atoms with Crippen molar-refractivity contribution in [2.75, 3.05) is 19.0 Å². The van der Waals surface area contributed by atoms with E-state index in [4.69, 9.17) is 0 Å². The molecule has 0 aliphatic heterocycles. The maximum Gasteiger partial charge on any atom is 0.327 e. The Morgan fingerprint density at radius 3 is 2.83 bits per heavy atom. The van der Waals surface area contributed by atoms with Gasteiger partial charge in [0.2, 0.25) is 0 Å². The highest BCUT2D eigenvalue weighted by atomic mass is 79.9. The zero-order valence-corrected chi connectivity index (χ0v) is 12.2. The van der Waals surface area contributed by atoms with E-state index in [-0.39, 0.29) is 12.1 Å². The quantitative estimate of drug-likeness (QED) is 0.827. The third kappa shape index (κ3) is 3.83. The highest BCUT2D eigenvalue weighted by molar-refractivity contribution is 9.10. The number of carbonyl (C=O) groups excluding carboxylic acids is 1. The molecule has 0 fully saturated rings. The number of hydrogen-bond donors (Lipinski definition) is 1. The molecule has 0 saturated heterocycles. The Hall–Kier alpha value is -1.37. The summed E-state index contributed by atoms with van der Waals surface area (Å²) in [5, 5.41) is 7.02. The fourth-order valence-corrected chi connectivity index (χ4v) is 1.65. The van der Waals surface area contributed by atoms with Gasteiger partial charge in [0.25, 0.3) is 5.56 Å². The third-order valence-corrected chi connectivity index (χ3v) is 2.96. The molecule has 1 aromatic rings. The second-order valence-electron chi connectivity index (χ2n) is 4.19. The van der Waals surface area contributed by atoms with E-state index in [0.29, 0.717) is 16.1 Å². The van der Waals surface area contributed by atoms with Crippen LogP contribution in [-0.4, -0.2) is 29.4 Å². The number of nitrogens with zero attached hydrogens (tertiary/aromatic N) is 2. The van der Waals surface area contributed by atoms with Crippen molar-refractivity contribution < 1.29 is 9.53 Å². The largest absolute Gasteiger partial charge is 0.468 e. The van der Waals surface area contributed by atoms with Gasteiger partial charge in [-0.25, -0.2) is 4.68 Å². The van der Waals surface area contributed by atoms with Gasteiger partial charge >= 0.3 is 5.97 Å². The molecule has 7 heteroatoms. The lowest BCUT2D eigenvalue weighted by Crippen LogP contribution is -2.28. The second-order valence-corrected chi connectivity index (χ2v) is 4.98. The summed E-state index contributed by atoms with van der Waals surface area (Å²) in [6, 6.07) is 0. The van der Waals surface area contributed by atoms with Crippen molar-refractivity contribution in [1.82, 2.24) is 9.78 Å². The molecule has 1 rings (SSSR count). The van der Waals surface area contributed by atoms with Gasteiger partial charge in [-0.05, 0) is 21.8 Å². The fourth-order valence-electron chi connectivity index (χ4n) is 1.20. The fraction of sp³-hybridized carbons (Fsp3) is 0.545. The van der Waals surface area contributed by atoms with Crippen LogP contribution in [-0.2, 0) is 16.1 Å². The minimum absolute atomic E-state index is 0.196. The van der Waals surface area contributed by atoms with Gasteiger partial charge in [0.1, 0.15) is 11.0 Å². The van der Waals surface area contributed by atoms with E-state index in [1.54, 1.807) is 0 Å². The average Bonchev–Trinajstić information content (AvgIpc) is 2.33. The van der Waals surface area contributed by atoms with E-state index in [0.717, 1.165) is 11.2 Å². The predicted molar refractivity (Wildman–Crippen MR) is 71.5 cm³/mol. The average molecular weight is 318 g/mol. The number of anilines is 1. The molecule has 0 aromatic carbocycles. The minimum Gasteiger partial charge on any atom is -0.468 e. The molecule has 0 unspecified atom stereocenters. The summed E-state index contributed by atoms with van der Waals surface area (Å²) >= 11 is 3.21. The number of nitrogens with one attached hydrogen (secondary N) is 1. The van der Waals surface area contributed by atoms with Gasteiger partial charge in [-0.3, -0.25) is 9.59 Å². The van der Waals surface area contributed by atoms with Crippen LogP contribution in [0.25, 0.3) is 0 Å². The van der Waals surface area contributed by atoms with E-state index in [9.17, 15) is 9.59 Å². The molecule has 100 valence electrons. The van der Waals surface area contributed by atoms with Crippen LogP contribution < -0.4 is 10.9 Å². The summed E-state index contributed by atoms with van der Waals surface area (Å²) in [6.45, 7) is 4.67. The molecule has 0 atom stereocenters. The smallest absolute Gasteiger partial charge is 0.327 e. The summed E-state index contributed by atoms with van der Waals surface area (Å²) in [5.74, 6) is -0.0613. The Balaban J connectivity index is 2.91. The van der Waals surface area contributed by atoms with Crippen LogP contribution in [0, 0.1) is 5.92 Å². The first-order chi connectivity index (χ1) is 8.45. The number of methoxy groups -OCH3 is 1. The van der Waals surface area contributed by atoms with Crippen LogP contribution in [0.4, 0.5) is 5.69 Å². The van der Waals surface area contributed by atoms with Gasteiger partial charge < -0.3 is 10.1 Å². The molecule has 1 N–H and O–H groups in total. The molecule has 0 aliphatic rings. The molecule has 0 amide bonds. The summed E-state index contributed by atoms with van der Waals surface area (Å²) in [5.41, 5.74) is 0.254. The van der Waals surface area contributed by atoms with E-state index >= 15 is 0 Å². The predicted octanol–water partition coefficient (Wildman–Crippen LogP) is 1.25. The number of esters is 1. The molecule has 1 heterocycles. The summed E-state index contributed by atoms with van der Waals surface area (Å²) in [6.07, 6.45) is 1.51. The van der Waals surface area contributed by atoms with Crippen LogP contribution in [0.2, 0.25) is 0 Å². The summed E-state index contributed by atoms with van der Waals surface area (Å²) in [4.78, 5) is 23.0. The zero-order valence-electron chi connectivity index (χ0n) is 10.6. The number of aromatic nitrogens is 2. The van der Waals surface area contributed by atoms with Crippen molar-refractivity contribution in [1.29, 1.82) is 0 Å². The van der Waals surface area contributed by atoms with E-state index in [1.165, 1.54) is 13.3 Å². The van der Waals surface area contributed by atoms with Crippen LogP contribution in [0.1, 0.15) is 13.8 Å². The zero-order chi connectivity index (χ0) is 13.7. The maximum absolute atomic E-state index is 11.9. The first-order valence-electron chi connectivity index (χ1n) is 5.52. The van der Waals surface area contributed by atoms with Crippen LogP contribution in [0.3, 0.4) is 0 Å². The summed E-state index contributed by atoms with van der Waals surface area (Å²) in [7, 11) is 1.26. The number of rotatable bonds is 5. The lowest BCUT2D eigenvalue weighted by Gasteiger charge is -2.11. The molecule has 0 bridgehead atoms. The topological polar surface area (TPSA) is 73.2 Å². The monoisotopic (exact) mass is 317 g/mol. The first-order valence-corrected chi connectivity index (χ1v) is 6.31. The van der Waals surface area contributed by atoms with Gasteiger partial charge in [-0.1, -0.05) is 13.8 Å². The molecular formula is C11H16BrN3O3. The van der Waals surface area contributed by atoms with Crippen molar-refractivity contribution in [2.24, 2.45) is 5.92 Å². The summed E-state index contributed by atoms with van der Waals surface area (Å²) < 4.78 is 5.90. The van der Waals surface area contributed by atoms with Gasteiger partial charge in [0.15, 0.2) is 0 Å². The van der Waals surface area contributed by atoms with Gasteiger partial charge in [-0.2, -0.15) is 5.10 Å². The standard InChI is InChI=1S/C11H16BrN3O3/c1-7(2)4-13-8-5-14-15(6-9(16)18-3)11(17)10(8)12/h5,7,13H,4,6H2,1-3H3. The maximum atomic E-state index is 11.9. The molecule has 1 aromatic heterocycles. The van der Waals surface area contributed by atoms with Crippen LogP contribution >= 0.6 is 15.9 Å². The van der Waals surface area contributed by atoms with E-state index in [1.807, 2.05) is 0 Å². The van der Waals surface area contributed by atoms with Gasteiger partial charge in [0.05, 0.1) is 19.0 Å². The van der Waals surface area contributed by atoms with E-state index in [2.05, 4.69) is 44.9 Å². The third-order valence-electron chi connectivity index (χ3n) is 2.19. The van der Waals surface area contributed by atoms with Crippen molar-refractivity contribution in [3.05, 3.63) is 21.0 Å².